The van der Waals surface area contributed by atoms with E-state index in [2.05, 4.69) is 12.2 Å². The van der Waals surface area contributed by atoms with E-state index in [0.717, 1.165) is 19.6 Å². The summed E-state index contributed by atoms with van der Waals surface area (Å²) in [4.78, 5) is 13.9. The van der Waals surface area contributed by atoms with Crippen LogP contribution in [0.25, 0.3) is 0 Å². The summed E-state index contributed by atoms with van der Waals surface area (Å²) in [5.74, 6) is 0.265. The second-order valence-corrected chi connectivity index (χ2v) is 4.80. The number of hydrogen-bond donors (Lipinski definition) is 1. The van der Waals surface area contributed by atoms with Crippen LogP contribution in [0.5, 0.6) is 0 Å². The van der Waals surface area contributed by atoms with E-state index in [1.165, 1.54) is 0 Å². The Morgan fingerprint density at radius 2 is 2.08 bits per heavy atom. The maximum absolute atomic E-state index is 11.9. The zero-order chi connectivity index (χ0) is 10.1. The quantitative estimate of drug-likeness (QED) is 0.605. The fourth-order valence-electron chi connectivity index (χ4n) is 1.57. The van der Waals surface area contributed by atoms with Crippen LogP contribution in [0, 0.1) is 5.41 Å². The zero-order valence-corrected chi connectivity index (χ0v) is 9.05. The molecule has 13 heavy (non-hydrogen) atoms. The summed E-state index contributed by atoms with van der Waals surface area (Å²) in [6.07, 6.45) is 0. The number of nitrogens with one attached hydrogen (secondary N) is 1. The van der Waals surface area contributed by atoms with Crippen LogP contribution in [0.4, 0.5) is 0 Å². The van der Waals surface area contributed by atoms with Crippen molar-refractivity contribution in [3.63, 3.8) is 0 Å². The predicted molar refractivity (Wildman–Crippen MR) is 53.5 cm³/mol. The summed E-state index contributed by atoms with van der Waals surface area (Å²) in [6, 6.07) is 0.334. The first-order chi connectivity index (χ1) is 5.93. The fraction of sp³-hybridized carbons (Fsp3) is 0.900. The Hall–Kier alpha value is -0.570. The molecule has 0 aromatic rings. The normalized spacial score (nSPS) is 24.6. The molecule has 1 amide bonds. The molecule has 0 radical (unpaired) electrons. The van der Waals surface area contributed by atoms with Crippen LogP contribution >= 0.6 is 0 Å². The van der Waals surface area contributed by atoms with Gasteiger partial charge in [-0.05, 0) is 6.92 Å². The van der Waals surface area contributed by atoms with Gasteiger partial charge < -0.3 is 10.2 Å². The molecule has 1 fully saturated rings. The molecule has 76 valence electrons. The van der Waals surface area contributed by atoms with Crippen molar-refractivity contribution in [2.45, 2.75) is 33.7 Å². The highest BCUT2D eigenvalue weighted by atomic mass is 16.2. The van der Waals surface area contributed by atoms with E-state index in [-0.39, 0.29) is 11.3 Å². The Balaban J connectivity index is 2.64. The van der Waals surface area contributed by atoms with Crippen molar-refractivity contribution in [3.8, 4) is 0 Å². The SMILES string of the molecule is C[C@@H]1CNCCN1C(=O)C(C)(C)C. The molecule has 1 saturated heterocycles. The van der Waals surface area contributed by atoms with Crippen LogP contribution in [0.3, 0.4) is 0 Å². The number of hydrogen-bond acceptors (Lipinski definition) is 2. The molecular weight excluding hydrogens is 164 g/mol. The minimum Gasteiger partial charge on any atom is -0.337 e. The first-order valence-electron chi connectivity index (χ1n) is 4.94. The van der Waals surface area contributed by atoms with E-state index in [1.54, 1.807) is 0 Å². The molecule has 1 rings (SSSR count). The number of carbonyl (C=O) groups excluding carboxylic acids is 1. The molecule has 1 aliphatic rings. The summed E-state index contributed by atoms with van der Waals surface area (Å²) in [7, 11) is 0. The molecule has 0 aromatic carbocycles. The first-order valence-corrected chi connectivity index (χ1v) is 4.94. The molecule has 0 aromatic heterocycles. The van der Waals surface area contributed by atoms with E-state index in [9.17, 15) is 4.79 Å². The van der Waals surface area contributed by atoms with Crippen LogP contribution in [0.2, 0.25) is 0 Å². The van der Waals surface area contributed by atoms with Crippen molar-refractivity contribution in [3.05, 3.63) is 0 Å². The van der Waals surface area contributed by atoms with Gasteiger partial charge in [-0.2, -0.15) is 0 Å². The van der Waals surface area contributed by atoms with Gasteiger partial charge in [0, 0.05) is 31.1 Å². The van der Waals surface area contributed by atoms with Crippen molar-refractivity contribution >= 4 is 5.91 Å². The molecule has 0 spiro atoms. The van der Waals surface area contributed by atoms with E-state index < -0.39 is 0 Å². The number of amides is 1. The molecule has 0 bridgehead atoms. The van der Waals surface area contributed by atoms with Crippen molar-refractivity contribution < 1.29 is 4.79 Å². The second kappa shape index (κ2) is 3.66. The summed E-state index contributed by atoms with van der Waals surface area (Å²) in [6.45, 7) is 10.7. The van der Waals surface area contributed by atoms with Crippen LogP contribution < -0.4 is 5.32 Å². The number of rotatable bonds is 0. The monoisotopic (exact) mass is 184 g/mol. The predicted octanol–water partition coefficient (Wildman–Crippen LogP) is 0.853. The van der Waals surface area contributed by atoms with Crippen molar-refractivity contribution in [1.82, 2.24) is 10.2 Å². The van der Waals surface area contributed by atoms with E-state index >= 15 is 0 Å². The summed E-state index contributed by atoms with van der Waals surface area (Å²) >= 11 is 0. The maximum Gasteiger partial charge on any atom is 0.228 e. The minimum absolute atomic E-state index is 0.244. The first kappa shape index (κ1) is 10.5. The topological polar surface area (TPSA) is 32.3 Å². The third kappa shape index (κ3) is 2.44. The molecule has 1 aliphatic heterocycles. The Morgan fingerprint density at radius 3 is 2.54 bits per heavy atom. The zero-order valence-electron chi connectivity index (χ0n) is 9.05. The Morgan fingerprint density at radius 1 is 1.46 bits per heavy atom. The molecular formula is C10H20N2O. The lowest BCUT2D eigenvalue weighted by Gasteiger charge is -2.37. The van der Waals surface area contributed by atoms with Gasteiger partial charge in [-0.3, -0.25) is 4.79 Å². The van der Waals surface area contributed by atoms with Gasteiger partial charge in [-0.15, -0.1) is 0 Å². The summed E-state index contributed by atoms with van der Waals surface area (Å²) in [5, 5.41) is 3.28. The lowest BCUT2D eigenvalue weighted by atomic mass is 9.93. The average Bonchev–Trinajstić information content (AvgIpc) is 2.02. The number of carbonyl (C=O) groups is 1. The third-order valence-corrected chi connectivity index (χ3v) is 2.40. The van der Waals surface area contributed by atoms with Crippen LogP contribution in [0.1, 0.15) is 27.7 Å². The average molecular weight is 184 g/mol. The number of piperazine rings is 1. The van der Waals surface area contributed by atoms with E-state index in [4.69, 9.17) is 0 Å². The summed E-state index contributed by atoms with van der Waals surface area (Å²) in [5.41, 5.74) is -0.244. The third-order valence-electron chi connectivity index (χ3n) is 2.40. The van der Waals surface area contributed by atoms with E-state index in [1.807, 2.05) is 25.7 Å². The largest absolute Gasteiger partial charge is 0.337 e. The van der Waals surface area contributed by atoms with Gasteiger partial charge >= 0.3 is 0 Å². The van der Waals surface area contributed by atoms with Crippen LogP contribution in [0.15, 0.2) is 0 Å². The highest BCUT2D eigenvalue weighted by Gasteiger charge is 2.31. The van der Waals surface area contributed by atoms with Gasteiger partial charge in [0.25, 0.3) is 0 Å². The molecule has 1 N–H and O–H groups in total. The molecule has 1 heterocycles. The highest BCUT2D eigenvalue weighted by Crippen LogP contribution is 2.19. The van der Waals surface area contributed by atoms with Crippen LogP contribution in [-0.4, -0.2) is 36.5 Å². The highest BCUT2D eigenvalue weighted by molar-refractivity contribution is 5.81. The molecule has 3 heteroatoms. The van der Waals surface area contributed by atoms with E-state index in [0.29, 0.717) is 6.04 Å². The van der Waals surface area contributed by atoms with Crippen molar-refractivity contribution in [1.29, 1.82) is 0 Å². The molecule has 0 saturated carbocycles. The van der Waals surface area contributed by atoms with Crippen molar-refractivity contribution in [2.75, 3.05) is 19.6 Å². The van der Waals surface area contributed by atoms with Gasteiger partial charge in [0.1, 0.15) is 0 Å². The van der Waals surface area contributed by atoms with Gasteiger partial charge in [-0.1, -0.05) is 20.8 Å². The minimum atomic E-state index is -0.244. The standard InChI is InChI=1S/C10H20N2O/c1-8-7-11-5-6-12(8)9(13)10(2,3)4/h8,11H,5-7H2,1-4H3/t8-/m1/s1. The molecule has 0 unspecified atom stereocenters. The van der Waals surface area contributed by atoms with Gasteiger partial charge in [0.15, 0.2) is 0 Å². The van der Waals surface area contributed by atoms with Gasteiger partial charge in [0.2, 0.25) is 5.91 Å². The maximum atomic E-state index is 11.9. The molecule has 1 atom stereocenters. The van der Waals surface area contributed by atoms with Gasteiger partial charge in [0.05, 0.1) is 0 Å². The fourth-order valence-corrected chi connectivity index (χ4v) is 1.57. The Kier molecular flexibility index (Phi) is 2.96. The van der Waals surface area contributed by atoms with Gasteiger partial charge in [-0.25, -0.2) is 0 Å². The second-order valence-electron chi connectivity index (χ2n) is 4.80. The molecule has 0 aliphatic carbocycles. The lowest BCUT2D eigenvalue weighted by molar-refractivity contribution is -0.142. The summed E-state index contributed by atoms with van der Waals surface area (Å²) < 4.78 is 0. The number of nitrogens with zero attached hydrogens (tertiary/aromatic N) is 1. The Bertz CT molecular complexity index is 196. The smallest absolute Gasteiger partial charge is 0.228 e. The Labute approximate surface area is 80.5 Å². The van der Waals surface area contributed by atoms with Crippen LogP contribution in [-0.2, 0) is 4.79 Å². The lowest BCUT2D eigenvalue weighted by Crippen LogP contribution is -2.55. The van der Waals surface area contributed by atoms with Crippen molar-refractivity contribution in [2.24, 2.45) is 5.41 Å². The molecule has 3 nitrogen and oxygen atoms in total.